The normalized spacial score (nSPS) is 11.1. The summed E-state index contributed by atoms with van der Waals surface area (Å²) in [5.74, 6) is 0.860. The van der Waals surface area contributed by atoms with Crippen LogP contribution in [0.4, 0.5) is 0 Å². The zero-order valence-corrected chi connectivity index (χ0v) is 15.7. The smallest absolute Gasteiger partial charge is 0.145 e. The van der Waals surface area contributed by atoms with Crippen LogP contribution in [0.1, 0.15) is 69.9 Å². The Bertz CT molecular complexity index is 612. The van der Waals surface area contributed by atoms with Gasteiger partial charge in [0.25, 0.3) is 0 Å². The quantitative estimate of drug-likeness (QED) is 0.476. The molecule has 3 nitrogen and oxygen atoms in total. The van der Waals surface area contributed by atoms with Crippen molar-refractivity contribution in [1.29, 1.82) is 0 Å². The van der Waals surface area contributed by atoms with Gasteiger partial charge in [-0.2, -0.15) is 0 Å². The maximum Gasteiger partial charge on any atom is 0.145 e. The van der Waals surface area contributed by atoms with Crippen molar-refractivity contribution in [2.45, 2.75) is 70.6 Å². The number of benzene rings is 1. The summed E-state index contributed by atoms with van der Waals surface area (Å²) in [5.41, 5.74) is 2.14. The first kappa shape index (κ1) is 19.7. The zero-order chi connectivity index (χ0) is 17.7. The number of hydrogen-bond acceptors (Lipinski definition) is 3. The first-order chi connectivity index (χ1) is 12.3. The van der Waals surface area contributed by atoms with E-state index >= 15 is 0 Å². The Kier molecular flexibility index (Phi) is 9.35. The number of para-hydroxylation sites is 1. The van der Waals surface area contributed by atoms with Crippen molar-refractivity contribution in [3.63, 3.8) is 0 Å². The molecule has 1 N–H and O–H groups in total. The molecule has 0 fully saturated rings. The van der Waals surface area contributed by atoms with Gasteiger partial charge >= 0.3 is 0 Å². The number of nitrogens with zero attached hydrogens (tertiary/aromatic N) is 1. The minimum atomic E-state index is 0.346. The summed E-state index contributed by atoms with van der Waals surface area (Å²) in [6.07, 6.45) is 13.7. The Balaban J connectivity index is 1.60. The first-order valence-electron chi connectivity index (χ1n) is 9.88. The molecule has 1 aromatic carbocycles. The number of pyridine rings is 1. The lowest BCUT2D eigenvalue weighted by molar-refractivity contribution is 0.282. The molecule has 0 aliphatic rings. The van der Waals surface area contributed by atoms with Crippen LogP contribution in [0, 0.1) is 0 Å². The summed E-state index contributed by atoms with van der Waals surface area (Å²) in [6.45, 7) is 0.346. The summed E-state index contributed by atoms with van der Waals surface area (Å²) in [7, 11) is 1.70. The fourth-order valence-electron chi connectivity index (χ4n) is 3.30. The molecule has 0 unspecified atom stereocenters. The average Bonchev–Trinajstić information content (AvgIpc) is 2.65. The van der Waals surface area contributed by atoms with Crippen LogP contribution in [-0.2, 0) is 6.42 Å². The van der Waals surface area contributed by atoms with Crippen LogP contribution in [0.5, 0.6) is 5.75 Å². The molecule has 0 aliphatic carbocycles. The Morgan fingerprint density at radius 3 is 2.08 bits per heavy atom. The lowest BCUT2D eigenvalue weighted by Crippen LogP contribution is -1.94. The van der Waals surface area contributed by atoms with Gasteiger partial charge in [0.05, 0.1) is 7.11 Å². The fourth-order valence-corrected chi connectivity index (χ4v) is 3.30. The molecule has 0 spiro atoms. The Morgan fingerprint density at radius 1 is 0.800 bits per heavy atom. The molecule has 0 radical (unpaired) electrons. The number of rotatable bonds is 13. The largest absolute Gasteiger partial charge is 0.494 e. The molecule has 0 bridgehead atoms. The van der Waals surface area contributed by atoms with Crippen molar-refractivity contribution >= 4 is 10.9 Å². The van der Waals surface area contributed by atoms with E-state index in [-0.39, 0.29) is 0 Å². The van der Waals surface area contributed by atoms with Crippen molar-refractivity contribution < 1.29 is 9.84 Å². The second-order valence-corrected chi connectivity index (χ2v) is 6.84. The number of aliphatic hydroxyl groups is 1. The Morgan fingerprint density at radius 2 is 1.44 bits per heavy atom. The van der Waals surface area contributed by atoms with E-state index < -0.39 is 0 Å². The molecule has 0 saturated carbocycles. The number of ether oxygens (including phenoxy) is 1. The fraction of sp³-hybridized carbons (Fsp3) is 0.591. The second kappa shape index (κ2) is 11.9. The predicted octanol–water partition coefficient (Wildman–Crippen LogP) is 5.68. The third-order valence-corrected chi connectivity index (χ3v) is 4.80. The third-order valence-electron chi connectivity index (χ3n) is 4.80. The van der Waals surface area contributed by atoms with Crippen molar-refractivity contribution in [2.24, 2.45) is 0 Å². The molecule has 2 rings (SSSR count). The molecule has 138 valence electrons. The van der Waals surface area contributed by atoms with E-state index in [4.69, 9.17) is 14.8 Å². The molecule has 0 aliphatic heterocycles. The number of aryl methyl sites for hydroxylation is 1. The standard InChI is InChI=1S/C22H33NO2/c1-25-21-15-12-13-19-16-17-20(23-22(19)21)14-10-8-6-4-2-3-5-7-9-11-18-24/h12-13,15-17,24H,2-11,14,18H2,1H3. The second-order valence-electron chi connectivity index (χ2n) is 6.84. The highest BCUT2D eigenvalue weighted by Crippen LogP contribution is 2.24. The minimum Gasteiger partial charge on any atom is -0.494 e. The highest BCUT2D eigenvalue weighted by Gasteiger charge is 2.04. The number of methoxy groups -OCH3 is 1. The number of aromatic nitrogens is 1. The van der Waals surface area contributed by atoms with Crippen LogP contribution in [-0.4, -0.2) is 23.8 Å². The van der Waals surface area contributed by atoms with Crippen LogP contribution in [0.2, 0.25) is 0 Å². The van der Waals surface area contributed by atoms with E-state index in [9.17, 15) is 0 Å². The first-order valence-corrected chi connectivity index (χ1v) is 9.88. The summed E-state index contributed by atoms with van der Waals surface area (Å²) in [6, 6.07) is 10.4. The average molecular weight is 344 g/mol. The van der Waals surface area contributed by atoms with Crippen molar-refractivity contribution in [3.8, 4) is 5.75 Å². The molecule has 0 amide bonds. The van der Waals surface area contributed by atoms with Crippen molar-refractivity contribution in [1.82, 2.24) is 4.98 Å². The lowest BCUT2D eigenvalue weighted by atomic mass is 10.0. The van der Waals surface area contributed by atoms with Gasteiger partial charge in [0.1, 0.15) is 11.3 Å². The third kappa shape index (κ3) is 7.03. The van der Waals surface area contributed by atoms with E-state index in [2.05, 4.69) is 18.2 Å². The maximum absolute atomic E-state index is 8.74. The van der Waals surface area contributed by atoms with E-state index in [1.165, 1.54) is 63.5 Å². The molecule has 0 saturated heterocycles. The molecule has 1 heterocycles. The highest BCUT2D eigenvalue weighted by molar-refractivity contribution is 5.84. The van der Waals surface area contributed by atoms with E-state index in [1.54, 1.807) is 7.11 Å². The number of hydrogen-bond donors (Lipinski definition) is 1. The van der Waals surface area contributed by atoms with E-state index in [1.807, 2.05) is 12.1 Å². The van der Waals surface area contributed by atoms with Crippen LogP contribution in [0.25, 0.3) is 10.9 Å². The molecular weight excluding hydrogens is 310 g/mol. The summed E-state index contributed by atoms with van der Waals surface area (Å²) in [4.78, 5) is 4.79. The number of aliphatic hydroxyl groups excluding tert-OH is 1. The Hall–Kier alpha value is -1.61. The van der Waals surface area contributed by atoms with Gasteiger partial charge < -0.3 is 9.84 Å². The lowest BCUT2D eigenvalue weighted by Gasteiger charge is -2.07. The molecular formula is C22H33NO2. The van der Waals surface area contributed by atoms with Gasteiger partial charge in [-0.05, 0) is 31.4 Å². The summed E-state index contributed by atoms with van der Waals surface area (Å²) in [5, 5.41) is 9.88. The van der Waals surface area contributed by atoms with Crippen LogP contribution < -0.4 is 4.74 Å². The van der Waals surface area contributed by atoms with Gasteiger partial charge in [0.15, 0.2) is 0 Å². The summed E-state index contributed by atoms with van der Waals surface area (Å²) < 4.78 is 5.42. The van der Waals surface area contributed by atoms with Gasteiger partial charge in [0, 0.05) is 17.7 Å². The molecule has 0 atom stereocenters. The van der Waals surface area contributed by atoms with Gasteiger partial charge in [0.2, 0.25) is 0 Å². The van der Waals surface area contributed by atoms with Crippen molar-refractivity contribution in [3.05, 3.63) is 36.0 Å². The van der Waals surface area contributed by atoms with Gasteiger partial charge in [-0.1, -0.05) is 69.6 Å². The van der Waals surface area contributed by atoms with Gasteiger partial charge in [-0.25, -0.2) is 4.98 Å². The monoisotopic (exact) mass is 343 g/mol. The van der Waals surface area contributed by atoms with Crippen LogP contribution in [0.3, 0.4) is 0 Å². The van der Waals surface area contributed by atoms with E-state index in [0.29, 0.717) is 6.61 Å². The minimum absolute atomic E-state index is 0.346. The highest BCUT2D eigenvalue weighted by atomic mass is 16.5. The van der Waals surface area contributed by atoms with Gasteiger partial charge in [-0.15, -0.1) is 0 Å². The topological polar surface area (TPSA) is 42.4 Å². The molecule has 3 heteroatoms. The SMILES string of the molecule is COc1cccc2ccc(CCCCCCCCCCCCO)nc12. The predicted molar refractivity (Wildman–Crippen MR) is 105 cm³/mol. The molecule has 2 aromatic rings. The molecule has 25 heavy (non-hydrogen) atoms. The zero-order valence-electron chi connectivity index (χ0n) is 15.7. The van der Waals surface area contributed by atoms with E-state index in [0.717, 1.165) is 29.5 Å². The van der Waals surface area contributed by atoms with Crippen molar-refractivity contribution in [2.75, 3.05) is 13.7 Å². The number of unbranched alkanes of at least 4 members (excludes halogenated alkanes) is 9. The van der Waals surface area contributed by atoms with Crippen LogP contribution >= 0.6 is 0 Å². The Labute approximate surface area is 152 Å². The van der Waals surface area contributed by atoms with Crippen LogP contribution in [0.15, 0.2) is 30.3 Å². The van der Waals surface area contributed by atoms with Gasteiger partial charge in [-0.3, -0.25) is 0 Å². The number of fused-ring (bicyclic) bond motifs is 1. The summed E-state index contributed by atoms with van der Waals surface area (Å²) >= 11 is 0. The maximum atomic E-state index is 8.74. The molecule has 1 aromatic heterocycles.